The number of ether oxygens (including phenoxy) is 1. The average Bonchev–Trinajstić information content (AvgIpc) is 2.33. The van der Waals surface area contributed by atoms with Crippen LogP contribution in [-0.4, -0.2) is 24.7 Å². The monoisotopic (exact) mass is 300 g/mol. The zero-order valence-corrected chi connectivity index (χ0v) is 12.2. The Bertz CT molecular complexity index is 320. The summed E-state index contributed by atoms with van der Waals surface area (Å²) in [6.45, 7) is 6.79. The second kappa shape index (κ2) is 8.61. The molecule has 0 spiro atoms. The Labute approximate surface area is 112 Å². The highest BCUT2D eigenvalue weighted by atomic mass is 79.9. The molecule has 4 heteroatoms. The molecule has 1 atom stereocenters. The normalized spacial score (nSPS) is 12.6. The van der Waals surface area contributed by atoms with Crippen molar-refractivity contribution >= 4 is 15.9 Å². The third kappa shape index (κ3) is 5.61. The molecule has 0 bridgehead atoms. The van der Waals surface area contributed by atoms with Crippen molar-refractivity contribution in [2.75, 3.05) is 19.8 Å². The summed E-state index contributed by atoms with van der Waals surface area (Å²) >= 11 is 3.45. The maximum atomic E-state index is 5.63. The average molecular weight is 301 g/mol. The molecular weight excluding hydrogens is 280 g/mol. The maximum Gasteiger partial charge on any atom is 0.0662 e. The summed E-state index contributed by atoms with van der Waals surface area (Å²) in [5, 5.41) is 3.49. The van der Waals surface area contributed by atoms with Crippen LogP contribution in [0.2, 0.25) is 0 Å². The SMILES string of the molecule is CCCNC(COCCC)c1cncc(Br)c1. The van der Waals surface area contributed by atoms with Gasteiger partial charge in [0.25, 0.3) is 0 Å². The van der Waals surface area contributed by atoms with Gasteiger partial charge in [-0.2, -0.15) is 0 Å². The first-order chi connectivity index (χ1) is 8.27. The molecule has 0 aliphatic carbocycles. The lowest BCUT2D eigenvalue weighted by Crippen LogP contribution is -2.26. The molecule has 0 amide bonds. The quantitative estimate of drug-likeness (QED) is 0.748. The highest BCUT2D eigenvalue weighted by molar-refractivity contribution is 9.10. The predicted octanol–water partition coefficient (Wildman–Crippen LogP) is 3.31. The molecule has 0 saturated carbocycles. The van der Waals surface area contributed by atoms with E-state index in [1.807, 2.05) is 6.20 Å². The molecule has 0 aliphatic heterocycles. The fourth-order valence-corrected chi connectivity index (χ4v) is 1.94. The second-order valence-electron chi connectivity index (χ2n) is 4.02. The van der Waals surface area contributed by atoms with Gasteiger partial charge in [-0.15, -0.1) is 0 Å². The summed E-state index contributed by atoms with van der Waals surface area (Å²) in [6.07, 6.45) is 5.86. The van der Waals surface area contributed by atoms with Gasteiger partial charge in [-0.25, -0.2) is 0 Å². The summed E-state index contributed by atoms with van der Waals surface area (Å²) in [5.41, 5.74) is 1.17. The Morgan fingerprint density at radius 1 is 1.35 bits per heavy atom. The summed E-state index contributed by atoms with van der Waals surface area (Å²) in [4.78, 5) is 4.20. The number of hydrogen-bond donors (Lipinski definition) is 1. The van der Waals surface area contributed by atoms with Crippen molar-refractivity contribution < 1.29 is 4.74 Å². The molecule has 0 aromatic carbocycles. The van der Waals surface area contributed by atoms with Crippen LogP contribution in [0.4, 0.5) is 0 Å². The fourth-order valence-electron chi connectivity index (χ4n) is 1.56. The molecule has 0 fully saturated rings. The molecule has 1 N–H and O–H groups in total. The van der Waals surface area contributed by atoms with E-state index in [0.29, 0.717) is 6.61 Å². The van der Waals surface area contributed by atoms with Crippen molar-refractivity contribution in [3.05, 3.63) is 28.5 Å². The van der Waals surface area contributed by atoms with Crippen molar-refractivity contribution in [1.82, 2.24) is 10.3 Å². The van der Waals surface area contributed by atoms with Crippen LogP contribution in [0.1, 0.15) is 38.3 Å². The van der Waals surface area contributed by atoms with E-state index >= 15 is 0 Å². The van der Waals surface area contributed by atoms with Crippen molar-refractivity contribution in [3.63, 3.8) is 0 Å². The molecule has 17 heavy (non-hydrogen) atoms. The number of hydrogen-bond acceptors (Lipinski definition) is 3. The lowest BCUT2D eigenvalue weighted by molar-refractivity contribution is 0.112. The van der Waals surface area contributed by atoms with Gasteiger partial charge in [0, 0.05) is 23.5 Å². The van der Waals surface area contributed by atoms with E-state index in [1.54, 1.807) is 6.20 Å². The molecule has 1 unspecified atom stereocenters. The number of rotatable bonds is 8. The molecular formula is C13H21BrN2O. The molecule has 1 heterocycles. The van der Waals surface area contributed by atoms with Crippen molar-refractivity contribution in [2.24, 2.45) is 0 Å². The molecule has 1 aromatic heterocycles. The van der Waals surface area contributed by atoms with E-state index in [-0.39, 0.29) is 6.04 Å². The highest BCUT2D eigenvalue weighted by Gasteiger charge is 2.11. The van der Waals surface area contributed by atoms with E-state index in [1.165, 1.54) is 5.56 Å². The van der Waals surface area contributed by atoms with E-state index < -0.39 is 0 Å². The number of pyridine rings is 1. The van der Waals surface area contributed by atoms with E-state index in [9.17, 15) is 0 Å². The molecule has 0 saturated heterocycles. The Hall–Kier alpha value is -0.450. The number of halogens is 1. The predicted molar refractivity (Wildman–Crippen MR) is 74.1 cm³/mol. The first kappa shape index (κ1) is 14.6. The lowest BCUT2D eigenvalue weighted by atomic mass is 10.1. The highest BCUT2D eigenvalue weighted by Crippen LogP contribution is 2.17. The van der Waals surface area contributed by atoms with Gasteiger partial charge in [-0.05, 0) is 46.9 Å². The number of aromatic nitrogens is 1. The van der Waals surface area contributed by atoms with E-state index in [0.717, 1.165) is 30.5 Å². The van der Waals surface area contributed by atoms with Gasteiger partial charge in [0.2, 0.25) is 0 Å². The van der Waals surface area contributed by atoms with Gasteiger partial charge >= 0.3 is 0 Å². The smallest absolute Gasteiger partial charge is 0.0662 e. The van der Waals surface area contributed by atoms with Crippen LogP contribution in [0.25, 0.3) is 0 Å². The van der Waals surface area contributed by atoms with Crippen molar-refractivity contribution in [2.45, 2.75) is 32.7 Å². The van der Waals surface area contributed by atoms with E-state index in [2.05, 4.69) is 46.1 Å². The molecule has 96 valence electrons. The van der Waals surface area contributed by atoms with Crippen molar-refractivity contribution in [3.8, 4) is 0 Å². The third-order valence-electron chi connectivity index (χ3n) is 2.40. The Balaban J connectivity index is 2.60. The Kier molecular flexibility index (Phi) is 7.40. The topological polar surface area (TPSA) is 34.1 Å². The zero-order chi connectivity index (χ0) is 12.5. The fraction of sp³-hybridized carbons (Fsp3) is 0.615. The van der Waals surface area contributed by atoms with Gasteiger partial charge in [0.15, 0.2) is 0 Å². The van der Waals surface area contributed by atoms with Crippen molar-refractivity contribution in [1.29, 1.82) is 0 Å². The van der Waals surface area contributed by atoms with Gasteiger partial charge in [-0.1, -0.05) is 13.8 Å². The van der Waals surface area contributed by atoms with Crippen LogP contribution in [0.5, 0.6) is 0 Å². The Morgan fingerprint density at radius 2 is 2.18 bits per heavy atom. The van der Waals surface area contributed by atoms with E-state index in [4.69, 9.17) is 4.74 Å². The summed E-state index contributed by atoms with van der Waals surface area (Å²) in [5.74, 6) is 0. The molecule has 3 nitrogen and oxygen atoms in total. The molecule has 1 rings (SSSR count). The van der Waals surface area contributed by atoms with Crippen LogP contribution in [0.15, 0.2) is 22.9 Å². The molecule has 0 aliphatic rings. The first-order valence-electron chi connectivity index (χ1n) is 6.19. The lowest BCUT2D eigenvalue weighted by Gasteiger charge is -2.18. The van der Waals surface area contributed by atoms with Crippen LogP contribution in [0, 0.1) is 0 Å². The summed E-state index contributed by atoms with van der Waals surface area (Å²) in [7, 11) is 0. The summed E-state index contributed by atoms with van der Waals surface area (Å²) < 4.78 is 6.64. The minimum Gasteiger partial charge on any atom is -0.379 e. The number of nitrogens with one attached hydrogen (secondary N) is 1. The Morgan fingerprint density at radius 3 is 2.82 bits per heavy atom. The molecule has 1 aromatic rings. The zero-order valence-electron chi connectivity index (χ0n) is 10.6. The standard InChI is InChI=1S/C13H21BrN2O/c1-3-5-16-13(10-17-6-4-2)11-7-12(14)9-15-8-11/h7-9,13,16H,3-6,10H2,1-2H3. The van der Waals surface area contributed by atoms with Gasteiger partial charge in [0.05, 0.1) is 12.6 Å². The van der Waals surface area contributed by atoms with Gasteiger partial charge in [0.1, 0.15) is 0 Å². The van der Waals surface area contributed by atoms with Gasteiger partial charge < -0.3 is 10.1 Å². The first-order valence-corrected chi connectivity index (χ1v) is 6.98. The molecule has 0 radical (unpaired) electrons. The van der Waals surface area contributed by atoms with Crippen LogP contribution >= 0.6 is 15.9 Å². The minimum atomic E-state index is 0.228. The largest absolute Gasteiger partial charge is 0.379 e. The second-order valence-corrected chi connectivity index (χ2v) is 4.93. The summed E-state index contributed by atoms with van der Waals surface area (Å²) in [6, 6.07) is 2.32. The number of nitrogens with zero attached hydrogens (tertiary/aromatic N) is 1. The maximum absolute atomic E-state index is 5.63. The minimum absolute atomic E-state index is 0.228. The van der Waals surface area contributed by atoms with Gasteiger partial charge in [-0.3, -0.25) is 4.98 Å². The van der Waals surface area contributed by atoms with Crippen LogP contribution in [-0.2, 0) is 4.74 Å². The van der Waals surface area contributed by atoms with Crippen LogP contribution < -0.4 is 5.32 Å². The van der Waals surface area contributed by atoms with Crippen LogP contribution in [0.3, 0.4) is 0 Å². The third-order valence-corrected chi connectivity index (χ3v) is 2.84.